The fourth-order valence-corrected chi connectivity index (χ4v) is 2.45. The van der Waals surface area contributed by atoms with Crippen LogP contribution in [-0.2, 0) is 0 Å². The van der Waals surface area contributed by atoms with E-state index < -0.39 is 0 Å². The van der Waals surface area contributed by atoms with E-state index in [2.05, 4.69) is 0 Å². The molecule has 0 heterocycles. The van der Waals surface area contributed by atoms with Crippen LogP contribution in [0.5, 0.6) is 5.75 Å². The van der Waals surface area contributed by atoms with Crippen molar-refractivity contribution in [1.29, 1.82) is 0 Å². The first-order valence-corrected chi connectivity index (χ1v) is 7.40. The summed E-state index contributed by atoms with van der Waals surface area (Å²) in [5, 5.41) is 9.76. The second-order valence-electron chi connectivity index (χ2n) is 5.17. The molecule has 0 unspecified atom stereocenters. The van der Waals surface area contributed by atoms with E-state index in [0.29, 0.717) is 11.1 Å². The molecule has 0 spiro atoms. The first kappa shape index (κ1) is 14.8. The molecule has 0 aromatic heterocycles. The van der Waals surface area contributed by atoms with E-state index in [1.54, 1.807) is 24.3 Å². The number of hydrogen-bond donors (Lipinski definition) is 1. The van der Waals surface area contributed by atoms with Crippen molar-refractivity contribution in [3.05, 3.63) is 96.1 Å². The van der Waals surface area contributed by atoms with Gasteiger partial charge in [-0.2, -0.15) is 0 Å². The maximum Gasteiger partial charge on any atom is 0.186 e. The topological polar surface area (TPSA) is 37.3 Å². The van der Waals surface area contributed by atoms with Gasteiger partial charge in [0.05, 0.1) is 0 Å². The Morgan fingerprint density at radius 3 is 2.22 bits per heavy atom. The first-order chi connectivity index (χ1) is 11.3. The van der Waals surface area contributed by atoms with Gasteiger partial charge in [-0.1, -0.05) is 72.8 Å². The van der Waals surface area contributed by atoms with Gasteiger partial charge in [0.2, 0.25) is 0 Å². The number of rotatable bonds is 4. The lowest BCUT2D eigenvalue weighted by Crippen LogP contribution is -1.97. The zero-order valence-electron chi connectivity index (χ0n) is 12.5. The van der Waals surface area contributed by atoms with Crippen LogP contribution in [0.2, 0.25) is 0 Å². The number of phenolic OH excluding ortho intramolecular Hbond substituents is 1. The van der Waals surface area contributed by atoms with Gasteiger partial charge in [0, 0.05) is 11.1 Å². The summed E-state index contributed by atoms with van der Waals surface area (Å²) in [7, 11) is 0. The highest BCUT2D eigenvalue weighted by atomic mass is 16.3. The Labute approximate surface area is 135 Å². The number of allylic oxidation sites excluding steroid dienone is 1. The molecular weight excluding hydrogens is 284 g/mol. The van der Waals surface area contributed by atoms with Gasteiger partial charge < -0.3 is 5.11 Å². The monoisotopic (exact) mass is 300 g/mol. The molecule has 3 rings (SSSR count). The highest BCUT2D eigenvalue weighted by Crippen LogP contribution is 2.24. The second-order valence-corrected chi connectivity index (χ2v) is 5.17. The van der Waals surface area contributed by atoms with Gasteiger partial charge in [-0.3, -0.25) is 4.79 Å². The molecule has 0 saturated heterocycles. The third-order valence-electron chi connectivity index (χ3n) is 3.63. The van der Waals surface area contributed by atoms with Crippen molar-refractivity contribution in [2.45, 2.75) is 0 Å². The minimum Gasteiger partial charge on any atom is -0.507 e. The van der Waals surface area contributed by atoms with Gasteiger partial charge in [0.25, 0.3) is 0 Å². The number of ketones is 1. The van der Waals surface area contributed by atoms with E-state index in [0.717, 1.165) is 11.1 Å². The molecule has 0 aliphatic carbocycles. The molecule has 112 valence electrons. The lowest BCUT2D eigenvalue weighted by Gasteiger charge is -2.07. The van der Waals surface area contributed by atoms with Crippen LogP contribution in [0.15, 0.2) is 84.9 Å². The van der Waals surface area contributed by atoms with Gasteiger partial charge in [-0.25, -0.2) is 0 Å². The molecular formula is C21H16O2. The number of benzene rings is 3. The maximum absolute atomic E-state index is 12.6. The van der Waals surface area contributed by atoms with E-state index in [1.165, 1.54) is 6.08 Å². The molecule has 1 N–H and O–H groups in total. The molecule has 2 heteroatoms. The summed E-state index contributed by atoms with van der Waals surface area (Å²) in [6.45, 7) is 0. The van der Waals surface area contributed by atoms with Crippen molar-refractivity contribution in [2.24, 2.45) is 0 Å². The predicted octanol–water partition coefficient (Wildman–Crippen LogP) is 4.96. The number of para-hydroxylation sites is 1. The Balaban J connectivity index is 1.94. The lowest BCUT2D eigenvalue weighted by atomic mass is 9.96. The van der Waals surface area contributed by atoms with Crippen molar-refractivity contribution in [2.75, 3.05) is 0 Å². The minimum atomic E-state index is -0.0901. The first-order valence-electron chi connectivity index (χ1n) is 7.40. The Hall–Kier alpha value is -3.13. The smallest absolute Gasteiger partial charge is 0.186 e. The molecule has 0 aliphatic rings. The molecule has 23 heavy (non-hydrogen) atoms. The largest absolute Gasteiger partial charge is 0.507 e. The lowest BCUT2D eigenvalue weighted by molar-refractivity contribution is 0.104. The summed E-state index contributed by atoms with van der Waals surface area (Å²) < 4.78 is 0. The molecule has 3 aromatic rings. The summed E-state index contributed by atoms with van der Waals surface area (Å²) in [6, 6.07) is 24.3. The van der Waals surface area contributed by atoms with E-state index in [9.17, 15) is 9.90 Å². The number of phenols is 1. The summed E-state index contributed by atoms with van der Waals surface area (Å²) in [5.41, 5.74) is 3.18. The summed E-state index contributed by atoms with van der Waals surface area (Å²) in [4.78, 5) is 12.6. The van der Waals surface area contributed by atoms with Crippen LogP contribution in [0.25, 0.3) is 17.2 Å². The van der Waals surface area contributed by atoms with Crippen molar-refractivity contribution in [3.63, 3.8) is 0 Å². The molecule has 0 bridgehead atoms. The normalized spacial score (nSPS) is 10.8. The van der Waals surface area contributed by atoms with Gasteiger partial charge in [-0.05, 0) is 29.3 Å². The van der Waals surface area contributed by atoms with Crippen LogP contribution >= 0.6 is 0 Å². The highest BCUT2D eigenvalue weighted by Gasteiger charge is 2.09. The fourth-order valence-electron chi connectivity index (χ4n) is 2.45. The average molecular weight is 300 g/mol. The number of hydrogen-bond acceptors (Lipinski definition) is 2. The summed E-state index contributed by atoms with van der Waals surface area (Å²) >= 11 is 0. The minimum absolute atomic E-state index is 0.0901. The Kier molecular flexibility index (Phi) is 4.34. The summed E-state index contributed by atoms with van der Waals surface area (Å²) in [6.07, 6.45) is 3.14. The zero-order chi connectivity index (χ0) is 16.1. The van der Waals surface area contributed by atoms with Crippen molar-refractivity contribution >= 4 is 11.9 Å². The molecule has 3 aromatic carbocycles. The standard InChI is InChI=1S/C21H16O2/c22-20-13-7-4-10-17(20)14-15-21(23)19-12-6-5-11-18(19)16-8-2-1-3-9-16/h1-15,22H/b15-14+. The molecule has 0 aliphatic heterocycles. The van der Waals surface area contributed by atoms with Crippen molar-refractivity contribution in [3.8, 4) is 16.9 Å². The van der Waals surface area contributed by atoms with E-state index in [1.807, 2.05) is 60.7 Å². The van der Waals surface area contributed by atoms with Crippen LogP contribution in [0.1, 0.15) is 15.9 Å². The van der Waals surface area contributed by atoms with Crippen molar-refractivity contribution < 1.29 is 9.90 Å². The number of carbonyl (C=O) groups is 1. The Bertz CT molecular complexity index is 848. The SMILES string of the molecule is O=C(/C=C/c1ccccc1O)c1ccccc1-c1ccccc1. The fraction of sp³-hybridized carbons (Fsp3) is 0. The number of carbonyl (C=O) groups excluding carboxylic acids is 1. The molecule has 0 atom stereocenters. The third-order valence-corrected chi connectivity index (χ3v) is 3.63. The van der Waals surface area contributed by atoms with E-state index >= 15 is 0 Å². The van der Waals surface area contributed by atoms with Gasteiger partial charge in [-0.15, -0.1) is 0 Å². The molecule has 0 fully saturated rings. The second kappa shape index (κ2) is 6.75. The van der Waals surface area contributed by atoms with Crippen LogP contribution in [0, 0.1) is 0 Å². The molecule has 0 radical (unpaired) electrons. The zero-order valence-corrected chi connectivity index (χ0v) is 12.5. The molecule has 2 nitrogen and oxygen atoms in total. The third kappa shape index (κ3) is 3.38. The van der Waals surface area contributed by atoms with Gasteiger partial charge in [0.1, 0.15) is 5.75 Å². The van der Waals surface area contributed by atoms with Crippen LogP contribution in [0.3, 0.4) is 0 Å². The van der Waals surface area contributed by atoms with Gasteiger partial charge in [0.15, 0.2) is 5.78 Å². The maximum atomic E-state index is 12.6. The van der Waals surface area contributed by atoms with Gasteiger partial charge >= 0.3 is 0 Å². The quantitative estimate of drug-likeness (QED) is 0.546. The molecule has 0 amide bonds. The Morgan fingerprint density at radius 2 is 1.43 bits per heavy atom. The summed E-state index contributed by atoms with van der Waals surface area (Å²) in [5.74, 6) is 0.0700. The van der Waals surface area contributed by atoms with E-state index in [4.69, 9.17) is 0 Å². The number of aromatic hydroxyl groups is 1. The van der Waals surface area contributed by atoms with Crippen molar-refractivity contribution in [1.82, 2.24) is 0 Å². The predicted molar refractivity (Wildman–Crippen MR) is 93.3 cm³/mol. The highest BCUT2D eigenvalue weighted by molar-refractivity contribution is 6.11. The van der Waals surface area contributed by atoms with Crippen LogP contribution in [0.4, 0.5) is 0 Å². The van der Waals surface area contributed by atoms with E-state index in [-0.39, 0.29) is 11.5 Å². The van der Waals surface area contributed by atoms with Crippen LogP contribution < -0.4 is 0 Å². The van der Waals surface area contributed by atoms with Crippen LogP contribution in [-0.4, -0.2) is 10.9 Å². The average Bonchev–Trinajstić information content (AvgIpc) is 2.61. The molecule has 0 saturated carbocycles. The Morgan fingerprint density at radius 1 is 0.783 bits per heavy atom.